The summed E-state index contributed by atoms with van der Waals surface area (Å²) in [5.41, 5.74) is 7.02. The van der Waals surface area contributed by atoms with E-state index in [1.54, 1.807) is 19.2 Å². The summed E-state index contributed by atoms with van der Waals surface area (Å²) in [5.74, 6) is -0.946. The van der Waals surface area contributed by atoms with Gasteiger partial charge in [-0.05, 0) is 12.1 Å². The molecule has 0 spiro atoms. The monoisotopic (exact) mass is 196 g/mol. The normalized spacial score (nSPS) is 10.1. The Hall–Kier alpha value is -1.62. The van der Waals surface area contributed by atoms with Gasteiger partial charge in [0.1, 0.15) is 0 Å². The molecule has 0 aliphatic carbocycles. The number of nitrogen functional groups attached to an aromatic ring is 1. The smallest absolute Gasteiger partial charge is 0.309 e. The first-order valence-electron chi connectivity index (χ1n) is 4.08. The molecule has 14 heavy (non-hydrogen) atoms. The molecule has 0 unspecified atom stereocenters. The number of pyridine rings is 1. The molecule has 1 rings (SSSR count). The van der Waals surface area contributed by atoms with Gasteiger partial charge in [-0.3, -0.25) is 9.78 Å². The number of carbonyl (C=O) groups is 1. The Morgan fingerprint density at radius 1 is 1.64 bits per heavy atom. The second kappa shape index (κ2) is 4.57. The molecule has 5 heteroatoms. The summed E-state index contributed by atoms with van der Waals surface area (Å²) in [5, 5.41) is 8.59. The van der Waals surface area contributed by atoms with E-state index in [9.17, 15) is 4.79 Å². The lowest BCUT2D eigenvalue weighted by Gasteiger charge is -2.04. The van der Waals surface area contributed by atoms with E-state index in [0.717, 1.165) is 0 Å². The van der Waals surface area contributed by atoms with Crippen LogP contribution >= 0.6 is 0 Å². The lowest BCUT2D eigenvalue weighted by Crippen LogP contribution is -2.07. The maximum atomic E-state index is 10.5. The molecule has 0 fully saturated rings. The molecular weight excluding hydrogens is 184 g/mol. The van der Waals surface area contributed by atoms with E-state index in [-0.39, 0.29) is 6.42 Å². The van der Waals surface area contributed by atoms with Crippen LogP contribution in [0.15, 0.2) is 12.1 Å². The van der Waals surface area contributed by atoms with Crippen LogP contribution in [0.3, 0.4) is 0 Å². The molecule has 0 bridgehead atoms. The fraction of sp³-hybridized carbons (Fsp3) is 0.333. The number of nitrogens with zero attached hydrogens (tertiary/aromatic N) is 1. The van der Waals surface area contributed by atoms with Gasteiger partial charge in [-0.15, -0.1) is 0 Å². The van der Waals surface area contributed by atoms with Crippen molar-refractivity contribution in [1.82, 2.24) is 4.98 Å². The Labute approximate surface area is 81.5 Å². The van der Waals surface area contributed by atoms with E-state index < -0.39 is 5.97 Å². The Morgan fingerprint density at radius 2 is 2.36 bits per heavy atom. The summed E-state index contributed by atoms with van der Waals surface area (Å²) in [7, 11) is 1.55. The van der Waals surface area contributed by atoms with Crippen LogP contribution in [0, 0.1) is 0 Å². The fourth-order valence-electron chi connectivity index (χ4n) is 1.07. The van der Waals surface area contributed by atoms with Crippen molar-refractivity contribution in [1.29, 1.82) is 0 Å². The fourth-order valence-corrected chi connectivity index (χ4v) is 1.07. The Bertz CT molecular complexity index is 339. The molecule has 1 heterocycles. The van der Waals surface area contributed by atoms with Gasteiger partial charge in [0.2, 0.25) is 0 Å². The second-order valence-corrected chi connectivity index (χ2v) is 2.84. The Balaban J connectivity index is 2.90. The SMILES string of the molecule is COCc1ccc(N)c(CC(=O)O)n1. The number of ether oxygens (including phenoxy) is 1. The van der Waals surface area contributed by atoms with Crippen molar-refractivity contribution in [3.05, 3.63) is 23.5 Å². The topological polar surface area (TPSA) is 85.4 Å². The van der Waals surface area contributed by atoms with Gasteiger partial charge < -0.3 is 15.6 Å². The molecule has 5 nitrogen and oxygen atoms in total. The average Bonchev–Trinajstić information content (AvgIpc) is 2.10. The highest BCUT2D eigenvalue weighted by atomic mass is 16.5. The van der Waals surface area contributed by atoms with Crippen LogP contribution in [-0.4, -0.2) is 23.2 Å². The lowest BCUT2D eigenvalue weighted by atomic mass is 10.2. The van der Waals surface area contributed by atoms with Crippen molar-refractivity contribution in [2.75, 3.05) is 12.8 Å². The number of nitrogens with two attached hydrogens (primary N) is 1. The number of hydrogen-bond donors (Lipinski definition) is 2. The number of rotatable bonds is 4. The van der Waals surface area contributed by atoms with Gasteiger partial charge in [-0.2, -0.15) is 0 Å². The molecule has 0 aliphatic heterocycles. The van der Waals surface area contributed by atoms with Crippen molar-refractivity contribution in [2.45, 2.75) is 13.0 Å². The Kier molecular flexibility index (Phi) is 3.41. The van der Waals surface area contributed by atoms with Gasteiger partial charge >= 0.3 is 5.97 Å². The molecule has 0 aliphatic rings. The molecular formula is C9H12N2O3. The second-order valence-electron chi connectivity index (χ2n) is 2.84. The zero-order valence-electron chi connectivity index (χ0n) is 7.86. The predicted molar refractivity (Wildman–Crippen MR) is 50.7 cm³/mol. The van der Waals surface area contributed by atoms with E-state index in [0.29, 0.717) is 23.7 Å². The summed E-state index contributed by atoms with van der Waals surface area (Å²) < 4.78 is 4.88. The van der Waals surface area contributed by atoms with Crippen molar-refractivity contribution in [3.8, 4) is 0 Å². The van der Waals surface area contributed by atoms with Crippen LogP contribution in [0.2, 0.25) is 0 Å². The molecule has 0 radical (unpaired) electrons. The third-order valence-electron chi connectivity index (χ3n) is 1.68. The molecule has 0 aromatic carbocycles. The van der Waals surface area contributed by atoms with Gasteiger partial charge in [-0.1, -0.05) is 0 Å². The van der Waals surface area contributed by atoms with Gasteiger partial charge in [0.25, 0.3) is 0 Å². The summed E-state index contributed by atoms with van der Waals surface area (Å²) >= 11 is 0. The zero-order valence-corrected chi connectivity index (χ0v) is 7.86. The quantitative estimate of drug-likeness (QED) is 0.729. The molecule has 0 saturated carbocycles. The van der Waals surface area contributed by atoms with Crippen molar-refractivity contribution < 1.29 is 14.6 Å². The first-order chi connectivity index (χ1) is 6.63. The van der Waals surface area contributed by atoms with E-state index in [4.69, 9.17) is 15.6 Å². The molecule has 0 saturated heterocycles. The van der Waals surface area contributed by atoms with Crippen LogP contribution < -0.4 is 5.73 Å². The summed E-state index contributed by atoms with van der Waals surface area (Å²) in [6.07, 6.45) is -0.163. The molecule has 3 N–H and O–H groups in total. The average molecular weight is 196 g/mol. The summed E-state index contributed by atoms with van der Waals surface area (Å²) in [6, 6.07) is 3.35. The van der Waals surface area contributed by atoms with Crippen LogP contribution in [0.5, 0.6) is 0 Å². The number of aliphatic carboxylic acids is 1. The van der Waals surface area contributed by atoms with E-state index in [1.807, 2.05) is 0 Å². The largest absolute Gasteiger partial charge is 0.481 e. The summed E-state index contributed by atoms with van der Waals surface area (Å²) in [6.45, 7) is 0.354. The maximum absolute atomic E-state index is 10.5. The van der Waals surface area contributed by atoms with Crippen molar-refractivity contribution >= 4 is 11.7 Å². The van der Waals surface area contributed by atoms with Crippen LogP contribution in [-0.2, 0) is 22.6 Å². The minimum Gasteiger partial charge on any atom is -0.481 e. The predicted octanol–water partition coefficient (Wildman–Crippen LogP) is 0.437. The maximum Gasteiger partial charge on any atom is 0.309 e. The van der Waals surface area contributed by atoms with Gasteiger partial charge in [-0.25, -0.2) is 0 Å². The highest BCUT2D eigenvalue weighted by Crippen LogP contribution is 2.11. The van der Waals surface area contributed by atoms with Crippen LogP contribution in [0.25, 0.3) is 0 Å². The molecule has 0 amide bonds. The zero-order chi connectivity index (χ0) is 10.6. The van der Waals surface area contributed by atoms with E-state index in [2.05, 4.69) is 4.98 Å². The van der Waals surface area contributed by atoms with E-state index in [1.165, 1.54) is 0 Å². The van der Waals surface area contributed by atoms with Gasteiger partial charge in [0.15, 0.2) is 0 Å². The molecule has 1 aromatic rings. The number of anilines is 1. The summed E-state index contributed by atoms with van der Waals surface area (Å²) in [4.78, 5) is 14.5. The molecule has 1 aromatic heterocycles. The number of carboxylic acid groups (broad SMARTS) is 1. The van der Waals surface area contributed by atoms with Crippen LogP contribution in [0.1, 0.15) is 11.4 Å². The van der Waals surface area contributed by atoms with Gasteiger partial charge in [0, 0.05) is 7.11 Å². The number of methoxy groups -OCH3 is 1. The molecule has 0 atom stereocenters. The minimum absolute atomic E-state index is 0.163. The first-order valence-corrected chi connectivity index (χ1v) is 4.08. The van der Waals surface area contributed by atoms with Crippen molar-refractivity contribution in [2.24, 2.45) is 0 Å². The van der Waals surface area contributed by atoms with Gasteiger partial charge in [0.05, 0.1) is 30.1 Å². The number of carboxylic acids is 1. The molecule has 76 valence electrons. The van der Waals surface area contributed by atoms with E-state index >= 15 is 0 Å². The standard InChI is InChI=1S/C9H12N2O3/c1-14-5-6-2-3-7(10)8(11-6)4-9(12)13/h2-3H,4-5,10H2,1H3,(H,12,13). The minimum atomic E-state index is -0.946. The third kappa shape index (κ3) is 2.70. The lowest BCUT2D eigenvalue weighted by molar-refractivity contribution is -0.136. The highest BCUT2D eigenvalue weighted by molar-refractivity contribution is 5.71. The Morgan fingerprint density at radius 3 is 2.93 bits per heavy atom. The highest BCUT2D eigenvalue weighted by Gasteiger charge is 2.07. The van der Waals surface area contributed by atoms with Crippen molar-refractivity contribution in [3.63, 3.8) is 0 Å². The number of aromatic nitrogens is 1. The number of hydrogen-bond acceptors (Lipinski definition) is 4. The van der Waals surface area contributed by atoms with Crippen LogP contribution in [0.4, 0.5) is 5.69 Å². The third-order valence-corrected chi connectivity index (χ3v) is 1.68. The first kappa shape index (κ1) is 10.5.